The second kappa shape index (κ2) is 9.09. The summed E-state index contributed by atoms with van der Waals surface area (Å²) in [5.41, 5.74) is 3.09. The molecule has 136 valence electrons. The molecule has 0 fully saturated rings. The SMILES string of the molecule is O=C(Cc1ccccc1Br)NCc1ccc(NC(=O)c2cccnc2)cc1. The molecule has 27 heavy (non-hydrogen) atoms. The molecule has 0 atom stereocenters. The van der Waals surface area contributed by atoms with Gasteiger partial charge in [0.25, 0.3) is 5.91 Å². The molecule has 0 aliphatic rings. The number of halogens is 1. The fraction of sp³-hybridized carbons (Fsp3) is 0.0952. The van der Waals surface area contributed by atoms with Gasteiger partial charge < -0.3 is 10.6 Å². The first-order chi connectivity index (χ1) is 13.1. The second-order valence-electron chi connectivity index (χ2n) is 5.94. The zero-order valence-corrected chi connectivity index (χ0v) is 16.1. The number of anilines is 1. The highest BCUT2D eigenvalue weighted by molar-refractivity contribution is 9.10. The quantitative estimate of drug-likeness (QED) is 0.630. The molecule has 0 unspecified atom stereocenters. The highest BCUT2D eigenvalue weighted by atomic mass is 79.9. The van der Waals surface area contributed by atoms with Crippen molar-refractivity contribution in [1.82, 2.24) is 10.3 Å². The van der Waals surface area contributed by atoms with Crippen LogP contribution < -0.4 is 10.6 Å². The number of carbonyl (C=O) groups is 2. The lowest BCUT2D eigenvalue weighted by Gasteiger charge is -2.08. The molecule has 0 aliphatic carbocycles. The Labute approximate surface area is 166 Å². The molecule has 0 radical (unpaired) electrons. The summed E-state index contributed by atoms with van der Waals surface area (Å²) < 4.78 is 0.925. The number of pyridine rings is 1. The van der Waals surface area contributed by atoms with E-state index in [1.54, 1.807) is 18.3 Å². The van der Waals surface area contributed by atoms with Crippen molar-refractivity contribution in [2.45, 2.75) is 13.0 Å². The van der Waals surface area contributed by atoms with Crippen molar-refractivity contribution in [3.05, 3.63) is 94.2 Å². The normalized spacial score (nSPS) is 10.3. The van der Waals surface area contributed by atoms with Crippen LogP contribution in [0.15, 0.2) is 77.5 Å². The maximum atomic E-state index is 12.1. The molecule has 0 bridgehead atoms. The summed E-state index contributed by atoms with van der Waals surface area (Å²) in [7, 11) is 0. The van der Waals surface area contributed by atoms with E-state index in [1.165, 1.54) is 6.20 Å². The molecule has 3 aromatic rings. The Balaban J connectivity index is 1.51. The maximum Gasteiger partial charge on any atom is 0.257 e. The van der Waals surface area contributed by atoms with Crippen LogP contribution in [0, 0.1) is 0 Å². The van der Waals surface area contributed by atoms with Gasteiger partial charge in [0.15, 0.2) is 0 Å². The zero-order valence-electron chi connectivity index (χ0n) is 14.5. The minimum absolute atomic E-state index is 0.0455. The van der Waals surface area contributed by atoms with Crippen LogP contribution in [0.25, 0.3) is 0 Å². The highest BCUT2D eigenvalue weighted by Crippen LogP contribution is 2.16. The fourth-order valence-electron chi connectivity index (χ4n) is 2.48. The summed E-state index contributed by atoms with van der Waals surface area (Å²) in [6, 6.07) is 18.4. The first kappa shape index (κ1) is 18.8. The Morgan fingerprint density at radius 3 is 2.44 bits per heavy atom. The van der Waals surface area contributed by atoms with Crippen LogP contribution in [-0.2, 0) is 17.8 Å². The fourth-order valence-corrected chi connectivity index (χ4v) is 2.91. The summed E-state index contributed by atoms with van der Waals surface area (Å²) >= 11 is 3.45. The van der Waals surface area contributed by atoms with Gasteiger partial charge in [-0.15, -0.1) is 0 Å². The lowest BCUT2D eigenvalue weighted by Crippen LogP contribution is -2.24. The lowest BCUT2D eigenvalue weighted by molar-refractivity contribution is -0.120. The predicted octanol–water partition coefficient (Wildman–Crippen LogP) is 3.96. The molecular weight excluding hydrogens is 406 g/mol. The smallest absolute Gasteiger partial charge is 0.257 e. The monoisotopic (exact) mass is 423 g/mol. The van der Waals surface area contributed by atoms with Crippen LogP contribution in [0.3, 0.4) is 0 Å². The van der Waals surface area contributed by atoms with E-state index in [0.29, 0.717) is 24.2 Å². The van der Waals surface area contributed by atoms with Gasteiger partial charge in [0.2, 0.25) is 5.91 Å². The Bertz CT molecular complexity index is 928. The third kappa shape index (κ3) is 5.49. The van der Waals surface area contributed by atoms with Crippen molar-refractivity contribution in [3.8, 4) is 0 Å². The van der Waals surface area contributed by atoms with Gasteiger partial charge in [-0.2, -0.15) is 0 Å². The van der Waals surface area contributed by atoms with Crippen LogP contribution in [-0.4, -0.2) is 16.8 Å². The first-order valence-electron chi connectivity index (χ1n) is 8.42. The summed E-state index contributed by atoms with van der Waals surface area (Å²) in [6.07, 6.45) is 3.46. The molecule has 3 rings (SSSR count). The Hall–Kier alpha value is -2.99. The van der Waals surface area contributed by atoms with Crippen LogP contribution in [0.5, 0.6) is 0 Å². The van der Waals surface area contributed by atoms with Crippen LogP contribution >= 0.6 is 15.9 Å². The molecular formula is C21H18BrN3O2. The lowest BCUT2D eigenvalue weighted by atomic mass is 10.1. The van der Waals surface area contributed by atoms with Gasteiger partial charge in [0.05, 0.1) is 12.0 Å². The topological polar surface area (TPSA) is 71.1 Å². The van der Waals surface area contributed by atoms with E-state index >= 15 is 0 Å². The summed E-state index contributed by atoms with van der Waals surface area (Å²) in [6.45, 7) is 0.431. The van der Waals surface area contributed by atoms with Gasteiger partial charge >= 0.3 is 0 Å². The zero-order chi connectivity index (χ0) is 19.1. The molecule has 0 aliphatic heterocycles. The van der Waals surface area contributed by atoms with Crippen molar-refractivity contribution < 1.29 is 9.59 Å². The minimum Gasteiger partial charge on any atom is -0.352 e. The van der Waals surface area contributed by atoms with E-state index < -0.39 is 0 Å². The molecule has 1 heterocycles. The van der Waals surface area contributed by atoms with Crippen LogP contribution in [0.2, 0.25) is 0 Å². The summed E-state index contributed by atoms with van der Waals surface area (Å²) in [4.78, 5) is 28.1. The molecule has 2 N–H and O–H groups in total. The average molecular weight is 424 g/mol. The number of carbonyl (C=O) groups excluding carboxylic acids is 2. The Morgan fingerprint density at radius 2 is 1.74 bits per heavy atom. The molecule has 6 heteroatoms. The van der Waals surface area contributed by atoms with Gasteiger partial charge in [-0.25, -0.2) is 0 Å². The van der Waals surface area contributed by atoms with Crippen molar-refractivity contribution in [1.29, 1.82) is 0 Å². The van der Waals surface area contributed by atoms with E-state index in [9.17, 15) is 9.59 Å². The molecule has 0 saturated carbocycles. The summed E-state index contributed by atoms with van der Waals surface area (Å²) in [5.74, 6) is -0.256. The second-order valence-corrected chi connectivity index (χ2v) is 6.79. The molecule has 2 amide bonds. The van der Waals surface area contributed by atoms with Crippen molar-refractivity contribution in [2.75, 3.05) is 5.32 Å². The van der Waals surface area contributed by atoms with E-state index in [4.69, 9.17) is 0 Å². The number of amides is 2. The Kier molecular flexibility index (Phi) is 6.33. The van der Waals surface area contributed by atoms with Gasteiger partial charge in [0.1, 0.15) is 0 Å². The molecule has 2 aromatic carbocycles. The number of benzene rings is 2. The van der Waals surface area contributed by atoms with E-state index in [-0.39, 0.29) is 11.8 Å². The third-order valence-electron chi connectivity index (χ3n) is 3.93. The van der Waals surface area contributed by atoms with E-state index in [2.05, 4.69) is 31.5 Å². The standard InChI is InChI=1S/C21H18BrN3O2/c22-19-6-2-1-4-16(19)12-20(26)24-13-15-7-9-18(10-8-15)25-21(27)17-5-3-11-23-14-17/h1-11,14H,12-13H2,(H,24,26)(H,25,27). The van der Waals surface area contributed by atoms with Crippen molar-refractivity contribution in [3.63, 3.8) is 0 Å². The van der Waals surface area contributed by atoms with Gasteiger partial charge in [-0.1, -0.05) is 46.3 Å². The minimum atomic E-state index is -0.211. The number of hydrogen-bond donors (Lipinski definition) is 2. The van der Waals surface area contributed by atoms with Crippen LogP contribution in [0.1, 0.15) is 21.5 Å². The van der Waals surface area contributed by atoms with Crippen molar-refractivity contribution >= 4 is 33.4 Å². The third-order valence-corrected chi connectivity index (χ3v) is 4.71. The van der Waals surface area contributed by atoms with Gasteiger partial charge in [-0.3, -0.25) is 14.6 Å². The maximum absolute atomic E-state index is 12.1. The number of nitrogens with one attached hydrogen (secondary N) is 2. The number of nitrogens with zero attached hydrogens (tertiary/aromatic N) is 1. The van der Waals surface area contributed by atoms with Crippen molar-refractivity contribution in [2.24, 2.45) is 0 Å². The first-order valence-corrected chi connectivity index (χ1v) is 9.21. The largest absolute Gasteiger partial charge is 0.352 e. The molecule has 5 nitrogen and oxygen atoms in total. The average Bonchev–Trinajstić information content (AvgIpc) is 2.70. The van der Waals surface area contributed by atoms with Gasteiger partial charge in [0, 0.05) is 29.1 Å². The van der Waals surface area contributed by atoms with Gasteiger partial charge in [-0.05, 0) is 41.5 Å². The summed E-state index contributed by atoms with van der Waals surface area (Å²) in [5, 5.41) is 5.72. The van der Waals surface area contributed by atoms with Crippen LogP contribution in [0.4, 0.5) is 5.69 Å². The Morgan fingerprint density at radius 1 is 0.963 bits per heavy atom. The number of rotatable bonds is 6. The molecule has 0 spiro atoms. The van der Waals surface area contributed by atoms with E-state index in [1.807, 2.05) is 48.5 Å². The molecule has 1 aromatic heterocycles. The highest BCUT2D eigenvalue weighted by Gasteiger charge is 2.07. The number of aromatic nitrogens is 1. The predicted molar refractivity (Wildman–Crippen MR) is 108 cm³/mol. The number of hydrogen-bond acceptors (Lipinski definition) is 3. The molecule has 0 saturated heterocycles. The van der Waals surface area contributed by atoms with E-state index in [0.717, 1.165) is 15.6 Å².